The van der Waals surface area contributed by atoms with Crippen molar-refractivity contribution in [3.63, 3.8) is 0 Å². The Hall–Kier alpha value is -2.19. The lowest BCUT2D eigenvalue weighted by atomic mass is 10.0. The molecule has 30 heavy (non-hydrogen) atoms. The molecule has 8 heteroatoms. The number of aliphatic imine (C=N–C) groups is 1. The van der Waals surface area contributed by atoms with Gasteiger partial charge in [0.25, 0.3) is 5.69 Å². The van der Waals surface area contributed by atoms with Gasteiger partial charge in [0.15, 0.2) is 5.96 Å². The van der Waals surface area contributed by atoms with Gasteiger partial charge in [-0.25, -0.2) is 4.99 Å². The minimum absolute atomic E-state index is 0.101. The maximum Gasteiger partial charge on any atom is 0.269 e. The lowest BCUT2D eigenvalue weighted by Gasteiger charge is -2.33. The van der Waals surface area contributed by atoms with Crippen molar-refractivity contribution in [1.29, 1.82) is 0 Å². The van der Waals surface area contributed by atoms with Gasteiger partial charge in [0.2, 0.25) is 0 Å². The van der Waals surface area contributed by atoms with Crippen molar-refractivity contribution in [3.8, 4) is 0 Å². The van der Waals surface area contributed by atoms with Gasteiger partial charge in [-0.15, -0.1) is 0 Å². The molecule has 0 aliphatic carbocycles. The lowest BCUT2D eigenvalue weighted by molar-refractivity contribution is -0.384. The first-order chi connectivity index (χ1) is 14.6. The third-order valence-corrected chi connectivity index (χ3v) is 5.94. The lowest BCUT2D eigenvalue weighted by Crippen LogP contribution is -2.43. The van der Waals surface area contributed by atoms with Crippen LogP contribution in [0.5, 0.6) is 0 Å². The fraction of sp³-hybridized carbons (Fsp3) is 0.682. The number of likely N-dealkylation sites (tertiary alicyclic amines) is 1. The van der Waals surface area contributed by atoms with Crippen LogP contribution in [0.3, 0.4) is 0 Å². The fourth-order valence-corrected chi connectivity index (χ4v) is 4.06. The predicted octanol–water partition coefficient (Wildman–Crippen LogP) is 3.07. The average Bonchev–Trinajstić information content (AvgIpc) is 3.27. The van der Waals surface area contributed by atoms with E-state index in [0.29, 0.717) is 12.6 Å². The molecule has 2 atom stereocenters. The highest BCUT2D eigenvalue weighted by atomic mass is 16.6. The Labute approximate surface area is 179 Å². The molecule has 0 aromatic heterocycles. The molecule has 0 amide bonds. The number of nitro benzene ring substituents is 1. The first kappa shape index (κ1) is 22.5. The molecule has 0 radical (unpaired) electrons. The van der Waals surface area contributed by atoms with Crippen molar-refractivity contribution in [2.24, 2.45) is 4.99 Å². The molecule has 2 saturated heterocycles. The third kappa shape index (κ3) is 7.25. The number of nitrogens with one attached hydrogen (secondary N) is 2. The second kappa shape index (κ2) is 11.9. The summed E-state index contributed by atoms with van der Waals surface area (Å²) in [4.78, 5) is 17.7. The SMILES string of the molecule is CC1CCCCN1CCCNC(=NCc1ccc([N+](=O)[O-])cc1)NCC1CCCO1. The van der Waals surface area contributed by atoms with Crippen molar-refractivity contribution in [2.75, 3.05) is 32.8 Å². The topological polar surface area (TPSA) is 92.0 Å². The molecule has 2 N–H and O–H groups in total. The normalized spacial score (nSPS) is 22.8. The van der Waals surface area contributed by atoms with Crippen LogP contribution < -0.4 is 10.6 Å². The Morgan fingerprint density at radius 2 is 2.07 bits per heavy atom. The van der Waals surface area contributed by atoms with Gasteiger partial charge in [-0.3, -0.25) is 10.1 Å². The molecule has 166 valence electrons. The van der Waals surface area contributed by atoms with E-state index in [4.69, 9.17) is 4.74 Å². The molecule has 1 aromatic carbocycles. The van der Waals surface area contributed by atoms with E-state index in [-0.39, 0.29) is 16.7 Å². The van der Waals surface area contributed by atoms with Crippen molar-refractivity contribution >= 4 is 11.6 Å². The van der Waals surface area contributed by atoms with E-state index in [2.05, 4.69) is 27.4 Å². The summed E-state index contributed by atoms with van der Waals surface area (Å²) in [6, 6.07) is 7.26. The zero-order valence-electron chi connectivity index (χ0n) is 18.0. The molecule has 2 unspecified atom stereocenters. The summed E-state index contributed by atoms with van der Waals surface area (Å²) in [6.07, 6.45) is 7.47. The zero-order valence-corrected chi connectivity index (χ0v) is 18.0. The van der Waals surface area contributed by atoms with E-state index in [0.717, 1.165) is 57.0 Å². The van der Waals surface area contributed by atoms with Crippen LogP contribution in [0.2, 0.25) is 0 Å². The van der Waals surface area contributed by atoms with Crippen LogP contribution in [0.4, 0.5) is 5.69 Å². The third-order valence-electron chi connectivity index (χ3n) is 5.94. The Morgan fingerprint density at radius 1 is 1.23 bits per heavy atom. The van der Waals surface area contributed by atoms with Crippen molar-refractivity contribution in [1.82, 2.24) is 15.5 Å². The Morgan fingerprint density at radius 3 is 2.77 bits per heavy atom. The standard InChI is InChI=1S/C22H35N5O3/c1-18-6-2-3-13-26(18)14-5-12-23-22(25-17-21-7-4-15-30-21)24-16-19-8-10-20(11-9-19)27(28)29/h8-11,18,21H,2-7,12-17H2,1H3,(H2,23,24,25). The van der Waals surface area contributed by atoms with Gasteiger partial charge >= 0.3 is 0 Å². The molecular formula is C22H35N5O3. The van der Waals surface area contributed by atoms with E-state index in [9.17, 15) is 10.1 Å². The van der Waals surface area contributed by atoms with Gasteiger partial charge in [-0.05, 0) is 51.1 Å². The van der Waals surface area contributed by atoms with Gasteiger partial charge in [-0.1, -0.05) is 18.6 Å². The average molecular weight is 418 g/mol. The monoisotopic (exact) mass is 417 g/mol. The van der Waals surface area contributed by atoms with Gasteiger partial charge in [-0.2, -0.15) is 0 Å². The molecule has 2 aliphatic rings. The number of rotatable bonds is 9. The number of ether oxygens (including phenoxy) is 1. The van der Waals surface area contributed by atoms with Crippen LogP contribution in [-0.2, 0) is 11.3 Å². The van der Waals surface area contributed by atoms with Gasteiger partial charge in [0, 0.05) is 44.4 Å². The molecule has 2 aliphatic heterocycles. The quantitative estimate of drug-likeness (QED) is 0.211. The van der Waals surface area contributed by atoms with E-state index >= 15 is 0 Å². The molecule has 1 aromatic rings. The summed E-state index contributed by atoms with van der Waals surface area (Å²) < 4.78 is 5.70. The van der Waals surface area contributed by atoms with E-state index in [1.54, 1.807) is 12.1 Å². The molecule has 2 fully saturated rings. The van der Waals surface area contributed by atoms with E-state index in [1.807, 2.05) is 0 Å². The second-order valence-corrected chi connectivity index (χ2v) is 8.27. The minimum Gasteiger partial charge on any atom is -0.376 e. The van der Waals surface area contributed by atoms with Crippen LogP contribution in [0, 0.1) is 10.1 Å². The molecule has 0 saturated carbocycles. The zero-order chi connectivity index (χ0) is 21.2. The Bertz CT molecular complexity index is 689. The number of nitrogens with zero attached hydrogens (tertiary/aromatic N) is 3. The van der Waals surface area contributed by atoms with E-state index < -0.39 is 0 Å². The molecule has 3 rings (SSSR count). The van der Waals surface area contributed by atoms with E-state index in [1.165, 1.54) is 37.9 Å². The smallest absolute Gasteiger partial charge is 0.269 e. The number of guanidine groups is 1. The summed E-state index contributed by atoms with van der Waals surface area (Å²) in [5, 5.41) is 17.7. The minimum atomic E-state index is -0.383. The molecule has 0 spiro atoms. The maximum atomic E-state index is 10.8. The first-order valence-electron chi connectivity index (χ1n) is 11.2. The number of hydrogen-bond donors (Lipinski definition) is 2. The van der Waals surface area contributed by atoms with Gasteiger partial charge in [0.1, 0.15) is 0 Å². The number of benzene rings is 1. The van der Waals surface area contributed by atoms with Gasteiger partial charge < -0.3 is 20.3 Å². The highest BCUT2D eigenvalue weighted by Crippen LogP contribution is 2.16. The van der Waals surface area contributed by atoms with Crippen LogP contribution in [0.1, 0.15) is 51.0 Å². The molecule has 0 bridgehead atoms. The summed E-state index contributed by atoms with van der Waals surface area (Å²) >= 11 is 0. The maximum absolute atomic E-state index is 10.8. The summed E-state index contributed by atoms with van der Waals surface area (Å²) in [5.41, 5.74) is 1.05. The molecule has 2 heterocycles. The number of piperidine rings is 1. The largest absolute Gasteiger partial charge is 0.376 e. The van der Waals surface area contributed by atoms with Crippen LogP contribution in [0.25, 0.3) is 0 Å². The molecular weight excluding hydrogens is 382 g/mol. The van der Waals surface area contributed by atoms with Crippen molar-refractivity contribution < 1.29 is 9.66 Å². The number of nitro groups is 1. The van der Waals surface area contributed by atoms with Crippen LogP contribution in [0.15, 0.2) is 29.3 Å². The highest BCUT2D eigenvalue weighted by molar-refractivity contribution is 5.79. The van der Waals surface area contributed by atoms with Crippen LogP contribution >= 0.6 is 0 Å². The first-order valence-corrected chi connectivity index (χ1v) is 11.2. The summed E-state index contributed by atoms with van der Waals surface area (Å²) in [7, 11) is 0. The summed E-state index contributed by atoms with van der Waals surface area (Å²) in [6.45, 7) is 7.56. The second-order valence-electron chi connectivity index (χ2n) is 8.27. The Kier molecular flexibility index (Phi) is 8.89. The van der Waals surface area contributed by atoms with Crippen molar-refractivity contribution in [3.05, 3.63) is 39.9 Å². The van der Waals surface area contributed by atoms with Crippen molar-refractivity contribution in [2.45, 2.75) is 64.1 Å². The fourth-order valence-electron chi connectivity index (χ4n) is 4.06. The predicted molar refractivity (Wildman–Crippen MR) is 119 cm³/mol. The highest BCUT2D eigenvalue weighted by Gasteiger charge is 2.18. The van der Waals surface area contributed by atoms with Crippen LogP contribution in [-0.4, -0.2) is 60.7 Å². The van der Waals surface area contributed by atoms with Gasteiger partial charge in [0.05, 0.1) is 17.6 Å². The molecule has 8 nitrogen and oxygen atoms in total. The Balaban J connectivity index is 1.49. The summed E-state index contributed by atoms with van der Waals surface area (Å²) in [5.74, 6) is 0.774. The number of hydrogen-bond acceptors (Lipinski definition) is 5. The number of non-ortho nitro benzene ring substituents is 1.